The van der Waals surface area contributed by atoms with Crippen molar-refractivity contribution in [3.05, 3.63) is 0 Å². The molecule has 2 N–H and O–H groups in total. The van der Waals surface area contributed by atoms with Gasteiger partial charge in [-0.05, 0) is 44.6 Å². The maximum atomic E-state index is 12.1. The predicted octanol–water partition coefficient (Wildman–Crippen LogP) is 1.38. The summed E-state index contributed by atoms with van der Waals surface area (Å²) in [4.78, 5) is 14.2. The van der Waals surface area contributed by atoms with E-state index in [-0.39, 0.29) is 12.0 Å². The van der Waals surface area contributed by atoms with Gasteiger partial charge in [-0.15, -0.1) is 0 Å². The highest BCUT2D eigenvalue weighted by Gasteiger charge is 2.28. The highest BCUT2D eigenvalue weighted by Crippen LogP contribution is 2.24. The van der Waals surface area contributed by atoms with Gasteiger partial charge in [-0.25, -0.2) is 0 Å². The van der Waals surface area contributed by atoms with Gasteiger partial charge in [-0.1, -0.05) is 19.8 Å². The third-order valence-electron chi connectivity index (χ3n) is 4.82. The van der Waals surface area contributed by atoms with Gasteiger partial charge in [0.15, 0.2) is 0 Å². The van der Waals surface area contributed by atoms with Gasteiger partial charge in [0.25, 0.3) is 0 Å². The largest absolute Gasteiger partial charge is 0.393 e. The van der Waals surface area contributed by atoms with Crippen LogP contribution in [-0.4, -0.2) is 47.7 Å². The van der Waals surface area contributed by atoms with E-state index in [1.807, 2.05) is 6.92 Å². The number of hydrogen-bond acceptors (Lipinski definition) is 3. The number of carbonyl (C=O) groups excluding carboxylic acids is 1. The average molecular weight is 268 g/mol. The first kappa shape index (κ1) is 14.8. The number of nitrogens with zero attached hydrogens (tertiary/aromatic N) is 1. The summed E-state index contributed by atoms with van der Waals surface area (Å²) in [6.45, 7) is 6.36. The molecule has 4 atom stereocenters. The Morgan fingerprint density at radius 2 is 2.11 bits per heavy atom. The first-order chi connectivity index (χ1) is 9.06. The summed E-state index contributed by atoms with van der Waals surface area (Å²) in [6, 6.07) is 0.372. The normalized spacial score (nSPS) is 34.2. The minimum Gasteiger partial charge on any atom is -0.393 e. The van der Waals surface area contributed by atoms with Crippen LogP contribution in [0.4, 0.5) is 0 Å². The van der Waals surface area contributed by atoms with E-state index in [4.69, 9.17) is 0 Å². The van der Waals surface area contributed by atoms with Gasteiger partial charge in [0, 0.05) is 12.6 Å². The fraction of sp³-hybridized carbons (Fsp3) is 0.933. The lowest BCUT2D eigenvalue weighted by Gasteiger charge is -2.30. The van der Waals surface area contributed by atoms with Crippen molar-refractivity contribution < 1.29 is 9.90 Å². The van der Waals surface area contributed by atoms with Crippen molar-refractivity contribution in [3.8, 4) is 0 Å². The molecule has 2 rings (SSSR count). The molecule has 0 spiro atoms. The lowest BCUT2D eigenvalue weighted by atomic mass is 9.86. The first-order valence-corrected chi connectivity index (χ1v) is 7.76. The molecule has 0 radical (unpaired) electrons. The molecule has 0 aromatic carbocycles. The van der Waals surface area contributed by atoms with Crippen molar-refractivity contribution in [2.75, 3.05) is 19.6 Å². The molecule has 0 aromatic rings. The number of amides is 1. The summed E-state index contributed by atoms with van der Waals surface area (Å²) in [5, 5.41) is 12.8. The van der Waals surface area contributed by atoms with Gasteiger partial charge in [-0.3, -0.25) is 9.69 Å². The fourth-order valence-corrected chi connectivity index (χ4v) is 3.39. The molecule has 19 heavy (non-hydrogen) atoms. The second-order valence-corrected chi connectivity index (χ2v) is 6.46. The zero-order chi connectivity index (χ0) is 13.8. The topological polar surface area (TPSA) is 52.6 Å². The Morgan fingerprint density at radius 1 is 1.37 bits per heavy atom. The van der Waals surface area contributed by atoms with E-state index in [2.05, 4.69) is 17.1 Å². The molecule has 1 saturated carbocycles. The second kappa shape index (κ2) is 6.71. The number of hydrogen-bond donors (Lipinski definition) is 2. The Labute approximate surface area is 116 Å². The third kappa shape index (κ3) is 4.18. The number of rotatable bonds is 4. The van der Waals surface area contributed by atoms with Crippen LogP contribution >= 0.6 is 0 Å². The molecule has 0 bridgehead atoms. The zero-order valence-electron chi connectivity index (χ0n) is 12.3. The van der Waals surface area contributed by atoms with Crippen LogP contribution in [0, 0.1) is 11.8 Å². The van der Waals surface area contributed by atoms with Crippen molar-refractivity contribution in [1.82, 2.24) is 10.2 Å². The van der Waals surface area contributed by atoms with E-state index in [1.165, 1.54) is 19.3 Å². The number of aliphatic hydroxyl groups excluding tert-OH is 1. The molecule has 4 unspecified atom stereocenters. The Hall–Kier alpha value is -0.610. The molecule has 2 fully saturated rings. The quantitative estimate of drug-likeness (QED) is 0.810. The Balaban J connectivity index is 1.72. The van der Waals surface area contributed by atoms with E-state index in [9.17, 15) is 9.90 Å². The monoisotopic (exact) mass is 268 g/mol. The molecule has 110 valence electrons. The number of aliphatic hydroxyl groups is 1. The van der Waals surface area contributed by atoms with Gasteiger partial charge in [0.1, 0.15) is 0 Å². The Bertz CT molecular complexity index is 307. The average Bonchev–Trinajstić information content (AvgIpc) is 2.80. The predicted molar refractivity (Wildman–Crippen MR) is 75.8 cm³/mol. The minimum absolute atomic E-state index is 0.157. The molecule has 1 aliphatic heterocycles. The Kier molecular flexibility index (Phi) is 5.22. The second-order valence-electron chi connectivity index (χ2n) is 6.46. The maximum Gasteiger partial charge on any atom is 0.234 e. The molecule has 1 heterocycles. The van der Waals surface area contributed by atoms with Gasteiger partial charge >= 0.3 is 0 Å². The Morgan fingerprint density at radius 3 is 2.74 bits per heavy atom. The number of carbonyl (C=O) groups is 1. The highest BCUT2D eigenvalue weighted by molar-refractivity contribution is 5.78. The van der Waals surface area contributed by atoms with Crippen molar-refractivity contribution in [2.24, 2.45) is 11.8 Å². The highest BCUT2D eigenvalue weighted by atomic mass is 16.3. The molecule has 1 aliphatic carbocycles. The van der Waals surface area contributed by atoms with Crippen LogP contribution in [0.1, 0.15) is 46.0 Å². The molecular weight excluding hydrogens is 240 g/mol. The number of likely N-dealkylation sites (tertiary alicyclic amines) is 1. The number of nitrogens with one attached hydrogen (secondary N) is 1. The van der Waals surface area contributed by atoms with Crippen molar-refractivity contribution in [1.29, 1.82) is 0 Å². The summed E-state index contributed by atoms with van der Waals surface area (Å²) in [5.41, 5.74) is 0. The van der Waals surface area contributed by atoms with Gasteiger partial charge in [-0.2, -0.15) is 0 Å². The fourth-order valence-electron chi connectivity index (χ4n) is 3.39. The molecule has 1 saturated heterocycles. The molecule has 2 aliphatic rings. The lowest BCUT2D eigenvalue weighted by molar-refractivity contribution is -0.123. The SMILES string of the molecule is CC(O)C1CCN(CC(=O)NC2CCCCC2C)C1. The lowest BCUT2D eigenvalue weighted by Crippen LogP contribution is -2.45. The van der Waals surface area contributed by atoms with Crippen molar-refractivity contribution in [2.45, 2.75) is 58.1 Å². The van der Waals surface area contributed by atoms with Crippen LogP contribution < -0.4 is 5.32 Å². The van der Waals surface area contributed by atoms with Crippen molar-refractivity contribution in [3.63, 3.8) is 0 Å². The summed E-state index contributed by atoms with van der Waals surface area (Å²) in [6.07, 6.45) is 5.65. The van der Waals surface area contributed by atoms with Crippen LogP contribution in [0.3, 0.4) is 0 Å². The van der Waals surface area contributed by atoms with Crippen LogP contribution in [0.15, 0.2) is 0 Å². The van der Waals surface area contributed by atoms with E-state index in [1.54, 1.807) is 0 Å². The minimum atomic E-state index is -0.258. The molecule has 0 aromatic heterocycles. The van der Waals surface area contributed by atoms with Gasteiger partial charge in [0.2, 0.25) is 5.91 Å². The smallest absolute Gasteiger partial charge is 0.234 e. The molecule has 4 heteroatoms. The van der Waals surface area contributed by atoms with Gasteiger partial charge < -0.3 is 10.4 Å². The van der Waals surface area contributed by atoms with Gasteiger partial charge in [0.05, 0.1) is 12.6 Å². The summed E-state index contributed by atoms with van der Waals surface area (Å²) in [7, 11) is 0. The van der Waals surface area contributed by atoms with E-state index >= 15 is 0 Å². The van der Waals surface area contributed by atoms with E-state index in [0.29, 0.717) is 24.4 Å². The standard InChI is InChI=1S/C15H28N2O2/c1-11-5-3-4-6-14(11)16-15(19)10-17-8-7-13(9-17)12(2)18/h11-14,18H,3-10H2,1-2H3,(H,16,19). The summed E-state index contributed by atoms with van der Waals surface area (Å²) in [5.74, 6) is 1.10. The van der Waals surface area contributed by atoms with E-state index < -0.39 is 0 Å². The van der Waals surface area contributed by atoms with Crippen LogP contribution in [-0.2, 0) is 4.79 Å². The molecule has 1 amide bonds. The van der Waals surface area contributed by atoms with Crippen LogP contribution in [0.25, 0.3) is 0 Å². The van der Waals surface area contributed by atoms with Crippen molar-refractivity contribution >= 4 is 5.91 Å². The first-order valence-electron chi connectivity index (χ1n) is 7.76. The molecule has 4 nitrogen and oxygen atoms in total. The van der Waals surface area contributed by atoms with Crippen LogP contribution in [0.2, 0.25) is 0 Å². The maximum absolute atomic E-state index is 12.1. The van der Waals surface area contributed by atoms with Crippen LogP contribution in [0.5, 0.6) is 0 Å². The zero-order valence-corrected chi connectivity index (χ0v) is 12.3. The molecular formula is C15H28N2O2. The third-order valence-corrected chi connectivity index (χ3v) is 4.82. The summed E-state index contributed by atoms with van der Waals surface area (Å²) >= 11 is 0. The summed E-state index contributed by atoms with van der Waals surface area (Å²) < 4.78 is 0. The van der Waals surface area contributed by atoms with E-state index in [0.717, 1.165) is 25.9 Å².